The molecule has 2 heterocycles. The molecule has 20 heavy (non-hydrogen) atoms. The molecule has 1 aliphatic carbocycles. The van der Waals surface area contributed by atoms with Gasteiger partial charge >= 0.3 is 0 Å². The smallest absolute Gasteiger partial charge is 0.0825 e. The molecular formula is C15H27B2N3. The zero-order valence-corrected chi connectivity index (χ0v) is 12.7. The van der Waals surface area contributed by atoms with Crippen LogP contribution in [0.4, 0.5) is 0 Å². The Hall–Kier alpha value is 0.00987. The Morgan fingerprint density at radius 3 is 2.25 bits per heavy atom. The number of likely N-dealkylation sites (tertiary alicyclic amines) is 1. The van der Waals surface area contributed by atoms with Crippen LogP contribution in [0, 0.1) is 0 Å². The van der Waals surface area contributed by atoms with Gasteiger partial charge in [0.2, 0.25) is 0 Å². The fourth-order valence-corrected chi connectivity index (χ4v) is 4.32. The molecule has 0 spiro atoms. The second-order valence-corrected chi connectivity index (χ2v) is 6.89. The van der Waals surface area contributed by atoms with Crippen LogP contribution in [0.1, 0.15) is 44.9 Å². The topological polar surface area (TPSA) is 18.5 Å². The fourth-order valence-electron chi connectivity index (χ4n) is 4.32. The van der Waals surface area contributed by atoms with Crippen molar-refractivity contribution < 1.29 is 0 Å². The van der Waals surface area contributed by atoms with Crippen LogP contribution < -0.4 is 5.32 Å². The van der Waals surface area contributed by atoms with Crippen molar-refractivity contribution in [2.24, 2.45) is 0 Å². The predicted molar refractivity (Wildman–Crippen MR) is 85.3 cm³/mol. The van der Waals surface area contributed by atoms with Crippen molar-refractivity contribution in [2.75, 3.05) is 32.7 Å². The Morgan fingerprint density at radius 2 is 1.55 bits per heavy atom. The van der Waals surface area contributed by atoms with Gasteiger partial charge in [0.15, 0.2) is 0 Å². The van der Waals surface area contributed by atoms with E-state index < -0.39 is 5.34 Å². The molecule has 0 atom stereocenters. The maximum Gasteiger partial charge on any atom is 0.0825 e. The first-order chi connectivity index (χ1) is 9.67. The number of hydrogen-bond acceptors (Lipinski definition) is 3. The van der Waals surface area contributed by atoms with E-state index in [0.29, 0.717) is 6.04 Å². The van der Waals surface area contributed by atoms with Crippen LogP contribution >= 0.6 is 0 Å². The molecule has 3 fully saturated rings. The fraction of sp³-hybridized carbons (Fsp3) is 1.00. The summed E-state index contributed by atoms with van der Waals surface area (Å²) in [6, 6.07) is 1.44. The lowest BCUT2D eigenvalue weighted by atomic mass is 9.58. The van der Waals surface area contributed by atoms with Gasteiger partial charge in [0.25, 0.3) is 0 Å². The van der Waals surface area contributed by atoms with Gasteiger partial charge in [-0.05, 0) is 51.7 Å². The lowest BCUT2D eigenvalue weighted by Crippen LogP contribution is -2.58. The minimum atomic E-state index is -0.621. The van der Waals surface area contributed by atoms with Gasteiger partial charge in [-0.3, -0.25) is 0 Å². The van der Waals surface area contributed by atoms with Gasteiger partial charge in [-0.2, -0.15) is 0 Å². The minimum Gasteiger partial charge on any atom is -0.315 e. The lowest BCUT2D eigenvalue weighted by molar-refractivity contribution is 0.0704. The van der Waals surface area contributed by atoms with Crippen molar-refractivity contribution in [2.45, 2.75) is 62.4 Å². The summed E-state index contributed by atoms with van der Waals surface area (Å²) < 4.78 is 0. The third-order valence-electron chi connectivity index (χ3n) is 5.55. The maximum atomic E-state index is 6.36. The van der Waals surface area contributed by atoms with E-state index in [2.05, 4.69) is 15.1 Å². The van der Waals surface area contributed by atoms with Gasteiger partial charge in [-0.25, -0.2) is 0 Å². The number of nitrogens with one attached hydrogen (secondary N) is 1. The van der Waals surface area contributed by atoms with E-state index in [4.69, 9.17) is 15.7 Å². The van der Waals surface area contributed by atoms with Gasteiger partial charge < -0.3 is 15.1 Å². The number of nitrogens with zero attached hydrogens (tertiary/aromatic N) is 2. The Balaban J connectivity index is 1.56. The first-order valence-electron chi connectivity index (χ1n) is 8.46. The molecule has 1 N–H and O–H groups in total. The third kappa shape index (κ3) is 3.26. The molecule has 3 nitrogen and oxygen atoms in total. The molecule has 5 heteroatoms. The van der Waals surface area contributed by atoms with Gasteiger partial charge in [0, 0.05) is 25.2 Å². The van der Waals surface area contributed by atoms with E-state index in [1.165, 1.54) is 51.6 Å². The Labute approximate surface area is 126 Å². The van der Waals surface area contributed by atoms with E-state index in [9.17, 15) is 0 Å². The van der Waals surface area contributed by atoms with Crippen molar-refractivity contribution in [1.82, 2.24) is 15.1 Å². The first-order valence-corrected chi connectivity index (χ1v) is 8.46. The molecule has 4 radical (unpaired) electrons. The molecular weight excluding hydrogens is 244 g/mol. The maximum absolute atomic E-state index is 6.36. The van der Waals surface area contributed by atoms with Crippen molar-refractivity contribution >= 4 is 15.7 Å². The summed E-state index contributed by atoms with van der Waals surface area (Å²) in [7, 11) is 12.7. The predicted octanol–water partition coefficient (Wildman–Crippen LogP) is 0.680. The summed E-state index contributed by atoms with van der Waals surface area (Å²) in [5.41, 5.74) is 0. The monoisotopic (exact) mass is 271 g/mol. The van der Waals surface area contributed by atoms with Crippen LogP contribution in [0.5, 0.6) is 0 Å². The van der Waals surface area contributed by atoms with Crippen LogP contribution in [0.2, 0.25) is 0 Å². The molecule has 2 aliphatic heterocycles. The molecule has 0 unspecified atom stereocenters. The SMILES string of the molecule is [B]C1([B])CCNCCN1C1CCN(C2CCCC2)CC1. The normalized spacial score (nSPS) is 31.4. The molecule has 0 amide bonds. The van der Waals surface area contributed by atoms with Crippen molar-refractivity contribution in [3.05, 3.63) is 0 Å². The van der Waals surface area contributed by atoms with E-state index in [1.807, 2.05) is 0 Å². The molecule has 0 aromatic carbocycles. The van der Waals surface area contributed by atoms with Crippen molar-refractivity contribution in [3.8, 4) is 0 Å². The van der Waals surface area contributed by atoms with Crippen LogP contribution in [-0.4, -0.2) is 75.6 Å². The standard InChI is InChI=1S/C15H27B2N3/c16-15(17)7-8-18-9-12-20(15)14-5-10-19(11-6-14)13-3-1-2-4-13/h13-14,18H,1-12H2. The lowest BCUT2D eigenvalue weighted by Gasteiger charge is -2.47. The van der Waals surface area contributed by atoms with E-state index in [-0.39, 0.29) is 0 Å². The molecule has 1 saturated carbocycles. The van der Waals surface area contributed by atoms with Gasteiger partial charge in [0.1, 0.15) is 0 Å². The van der Waals surface area contributed by atoms with Crippen LogP contribution in [-0.2, 0) is 0 Å². The molecule has 3 rings (SSSR count). The summed E-state index contributed by atoms with van der Waals surface area (Å²) in [4.78, 5) is 5.09. The average molecular weight is 271 g/mol. The molecule has 0 aromatic heterocycles. The Morgan fingerprint density at radius 1 is 0.850 bits per heavy atom. The highest BCUT2D eigenvalue weighted by Crippen LogP contribution is 2.29. The van der Waals surface area contributed by atoms with Crippen molar-refractivity contribution in [3.63, 3.8) is 0 Å². The summed E-state index contributed by atoms with van der Waals surface area (Å²) in [6.45, 7) is 5.40. The largest absolute Gasteiger partial charge is 0.315 e. The molecule has 0 bridgehead atoms. The summed E-state index contributed by atoms with van der Waals surface area (Å²) in [5.74, 6) is 0. The average Bonchev–Trinajstić information content (AvgIpc) is 2.91. The van der Waals surface area contributed by atoms with Crippen LogP contribution in [0.3, 0.4) is 0 Å². The highest BCUT2D eigenvalue weighted by molar-refractivity contribution is 6.40. The molecule has 2 saturated heterocycles. The first kappa shape index (κ1) is 14.9. The highest BCUT2D eigenvalue weighted by Gasteiger charge is 2.35. The molecule has 0 aromatic rings. The molecule has 3 aliphatic rings. The number of piperidine rings is 1. The Kier molecular flexibility index (Phi) is 4.79. The summed E-state index contributed by atoms with van der Waals surface area (Å²) >= 11 is 0. The van der Waals surface area contributed by atoms with Crippen LogP contribution in [0.25, 0.3) is 0 Å². The van der Waals surface area contributed by atoms with Gasteiger partial charge in [-0.15, -0.1) is 0 Å². The number of hydrogen-bond donors (Lipinski definition) is 1. The quantitative estimate of drug-likeness (QED) is 0.745. The van der Waals surface area contributed by atoms with E-state index in [0.717, 1.165) is 32.1 Å². The summed E-state index contributed by atoms with van der Waals surface area (Å²) in [5, 5.41) is 2.79. The third-order valence-corrected chi connectivity index (χ3v) is 5.55. The zero-order chi connectivity index (χ0) is 14.0. The highest BCUT2D eigenvalue weighted by atomic mass is 15.3. The van der Waals surface area contributed by atoms with Gasteiger partial charge in [0.05, 0.1) is 15.7 Å². The minimum absolute atomic E-state index is 0.572. The second-order valence-electron chi connectivity index (χ2n) is 6.89. The van der Waals surface area contributed by atoms with E-state index >= 15 is 0 Å². The zero-order valence-electron chi connectivity index (χ0n) is 12.7. The van der Waals surface area contributed by atoms with Crippen molar-refractivity contribution in [1.29, 1.82) is 0 Å². The Bertz CT molecular complexity index is 310. The van der Waals surface area contributed by atoms with Crippen LogP contribution in [0.15, 0.2) is 0 Å². The summed E-state index contributed by atoms with van der Waals surface area (Å²) in [6.07, 6.45) is 8.98. The second kappa shape index (κ2) is 6.41. The number of rotatable bonds is 2. The molecule has 108 valence electrons. The van der Waals surface area contributed by atoms with Gasteiger partial charge in [-0.1, -0.05) is 18.2 Å². The van der Waals surface area contributed by atoms with E-state index in [1.54, 1.807) is 0 Å².